The first-order valence-electron chi connectivity index (χ1n) is 8.98. The van der Waals surface area contributed by atoms with Crippen molar-refractivity contribution in [1.29, 1.82) is 0 Å². The summed E-state index contributed by atoms with van der Waals surface area (Å²) in [6.07, 6.45) is 1.61. The van der Waals surface area contributed by atoms with E-state index >= 15 is 0 Å². The van der Waals surface area contributed by atoms with E-state index < -0.39 is 0 Å². The van der Waals surface area contributed by atoms with Gasteiger partial charge in [-0.15, -0.1) is 0 Å². The van der Waals surface area contributed by atoms with Crippen molar-refractivity contribution < 1.29 is 9.13 Å². The Morgan fingerprint density at radius 3 is 2.68 bits per heavy atom. The van der Waals surface area contributed by atoms with Crippen molar-refractivity contribution in [1.82, 2.24) is 9.55 Å². The third-order valence-electron chi connectivity index (χ3n) is 4.35. The number of allylic oxidation sites excluding steroid dienone is 1. The van der Waals surface area contributed by atoms with Crippen LogP contribution in [0, 0.1) is 12.7 Å². The fourth-order valence-electron chi connectivity index (χ4n) is 2.85. The second kappa shape index (κ2) is 8.52. The van der Waals surface area contributed by atoms with E-state index in [1.54, 1.807) is 22.9 Å². The molecule has 1 aromatic heterocycles. The molecule has 0 saturated heterocycles. The zero-order valence-electron chi connectivity index (χ0n) is 15.9. The van der Waals surface area contributed by atoms with Gasteiger partial charge >= 0.3 is 5.69 Å². The van der Waals surface area contributed by atoms with Crippen LogP contribution in [0.2, 0.25) is 0 Å². The molecule has 0 bridgehead atoms. The number of aromatic nitrogens is 2. The van der Waals surface area contributed by atoms with Gasteiger partial charge < -0.3 is 4.74 Å². The SMILES string of the molecule is C=C(C=Nc1[nH]c(=O)n(Cc2ccc(F)cc2)c1C)c1ccccc1OCC. The molecule has 1 N–H and O–H groups in total. The number of rotatable bonds is 7. The number of benzene rings is 2. The number of aliphatic imine (C=N–C) groups is 1. The first-order chi connectivity index (χ1) is 13.5. The number of para-hydroxylation sites is 1. The maximum atomic E-state index is 13.1. The topological polar surface area (TPSA) is 59.4 Å². The summed E-state index contributed by atoms with van der Waals surface area (Å²) in [6.45, 7) is 8.68. The van der Waals surface area contributed by atoms with Crippen LogP contribution in [0.15, 0.2) is 64.9 Å². The van der Waals surface area contributed by atoms with Gasteiger partial charge in [0.15, 0.2) is 5.82 Å². The molecule has 0 atom stereocenters. The van der Waals surface area contributed by atoms with E-state index in [4.69, 9.17) is 4.74 Å². The molecule has 0 amide bonds. The number of ether oxygens (including phenoxy) is 1. The zero-order valence-corrected chi connectivity index (χ0v) is 15.9. The van der Waals surface area contributed by atoms with Gasteiger partial charge in [0.1, 0.15) is 11.6 Å². The molecule has 0 aliphatic rings. The van der Waals surface area contributed by atoms with Crippen LogP contribution in [0.1, 0.15) is 23.7 Å². The lowest BCUT2D eigenvalue weighted by Crippen LogP contribution is -2.18. The number of nitrogens with one attached hydrogen (secondary N) is 1. The van der Waals surface area contributed by atoms with Gasteiger partial charge in [-0.25, -0.2) is 14.2 Å². The normalized spacial score (nSPS) is 11.1. The van der Waals surface area contributed by atoms with Crippen LogP contribution in [-0.2, 0) is 6.54 Å². The van der Waals surface area contributed by atoms with E-state index in [-0.39, 0.29) is 11.5 Å². The molecule has 0 aliphatic carbocycles. The van der Waals surface area contributed by atoms with Crippen LogP contribution in [0.4, 0.5) is 10.2 Å². The van der Waals surface area contributed by atoms with Crippen molar-refractivity contribution in [3.05, 3.63) is 88.2 Å². The van der Waals surface area contributed by atoms with E-state index in [1.165, 1.54) is 12.1 Å². The van der Waals surface area contributed by atoms with Crippen LogP contribution in [0.3, 0.4) is 0 Å². The van der Waals surface area contributed by atoms with Crippen LogP contribution in [0.25, 0.3) is 5.57 Å². The standard InChI is InChI=1S/C22H22FN3O2/c1-4-28-20-8-6-5-7-19(20)15(2)13-24-21-16(3)26(22(27)25-21)14-17-9-11-18(23)12-10-17/h5-13H,2,4,14H2,1,3H3,(H,25,27). The summed E-state index contributed by atoms with van der Waals surface area (Å²) in [5.41, 5.74) is 2.77. The molecule has 5 nitrogen and oxygen atoms in total. The lowest BCUT2D eigenvalue weighted by Gasteiger charge is -2.09. The predicted molar refractivity (Wildman–Crippen MR) is 110 cm³/mol. The molecular weight excluding hydrogens is 357 g/mol. The fraction of sp³-hybridized carbons (Fsp3) is 0.182. The van der Waals surface area contributed by atoms with E-state index in [0.717, 1.165) is 16.9 Å². The Morgan fingerprint density at radius 1 is 1.25 bits per heavy atom. The maximum Gasteiger partial charge on any atom is 0.327 e. The van der Waals surface area contributed by atoms with Gasteiger partial charge in [-0.3, -0.25) is 9.55 Å². The Labute approximate surface area is 162 Å². The summed E-state index contributed by atoms with van der Waals surface area (Å²) >= 11 is 0. The van der Waals surface area contributed by atoms with Gasteiger partial charge in [0.05, 0.1) is 18.8 Å². The highest BCUT2D eigenvalue weighted by atomic mass is 19.1. The van der Waals surface area contributed by atoms with Crippen molar-refractivity contribution in [2.45, 2.75) is 20.4 Å². The minimum absolute atomic E-state index is 0.269. The second-order valence-electron chi connectivity index (χ2n) is 6.29. The molecule has 1 heterocycles. The highest BCUT2D eigenvalue weighted by Crippen LogP contribution is 2.24. The Hall–Kier alpha value is -3.41. The van der Waals surface area contributed by atoms with Gasteiger partial charge in [0.25, 0.3) is 0 Å². The predicted octanol–water partition coefficient (Wildman–Crippen LogP) is 4.49. The van der Waals surface area contributed by atoms with Crippen molar-refractivity contribution in [3.8, 4) is 5.75 Å². The summed E-state index contributed by atoms with van der Waals surface area (Å²) in [5.74, 6) is 0.890. The van der Waals surface area contributed by atoms with E-state index in [0.29, 0.717) is 30.2 Å². The van der Waals surface area contributed by atoms with Crippen LogP contribution in [0.5, 0.6) is 5.75 Å². The van der Waals surface area contributed by atoms with Crippen LogP contribution >= 0.6 is 0 Å². The van der Waals surface area contributed by atoms with Crippen molar-refractivity contribution >= 4 is 17.6 Å². The first-order valence-corrected chi connectivity index (χ1v) is 8.98. The molecule has 2 aromatic carbocycles. The Bertz CT molecular complexity index is 1060. The van der Waals surface area contributed by atoms with Gasteiger partial charge in [-0.2, -0.15) is 0 Å². The molecular formula is C22H22FN3O2. The summed E-state index contributed by atoms with van der Waals surface area (Å²) in [5, 5.41) is 0. The summed E-state index contributed by atoms with van der Waals surface area (Å²) in [6, 6.07) is 13.7. The number of halogens is 1. The van der Waals surface area contributed by atoms with Gasteiger partial charge in [0, 0.05) is 11.8 Å². The summed E-state index contributed by atoms with van der Waals surface area (Å²) in [4.78, 5) is 19.5. The summed E-state index contributed by atoms with van der Waals surface area (Å²) < 4.78 is 20.3. The van der Waals surface area contributed by atoms with Crippen molar-refractivity contribution in [3.63, 3.8) is 0 Å². The number of nitrogens with zero attached hydrogens (tertiary/aromatic N) is 2. The molecule has 28 heavy (non-hydrogen) atoms. The number of hydrogen-bond acceptors (Lipinski definition) is 3. The molecule has 3 rings (SSSR count). The van der Waals surface area contributed by atoms with Gasteiger partial charge in [0.2, 0.25) is 0 Å². The quantitative estimate of drug-likeness (QED) is 0.615. The van der Waals surface area contributed by atoms with E-state index in [2.05, 4.69) is 16.6 Å². The average Bonchev–Trinajstić information content (AvgIpc) is 2.96. The van der Waals surface area contributed by atoms with Crippen LogP contribution < -0.4 is 10.4 Å². The highest BCUT2D eigenvalue weighted by Gasteiger charge is 2.10. The van der Waals surface area contributed by atoms with Crippen molar-refractivity contribution in [2.75, 3.05) is 6.61 Å². The minimum atomic E-state index is -0.307. The molecule has 6 heteroatoms. The van der Waals surface area contributed by atoms with Gasteiger partial charge in [-0.05, 0) is 43.2 Å². The van der Waals surface area contributed by atoms with Crippen molar-refractivity contribution in [2.24, 2.45) is 4.99 Å². The van der Waals surface area contributed by atoms with Gasteiger partial charge in [-0.1, -0.05) is 36.9 Å². The maximum absolute atomic E-state index is 13.1. The second-order valence-corrected chi connectivity index (χ2v) is 6.29. The fourth-order valence-corrected chi connectivity index (χ4v) is 2.85. The van der Waals surface area contributed by atoms with E-state index in [1.807, 2.05) is 38.1 Å². The number of imidazole rings is 1. The highest BCUT2D eigenvalue weighted by molar-refractivity contribution is 6.10. The number of aromatic amines is 1. The third kappa shape index (κ3) is 4.28. The molecule has 0 unspecified atom stereocenters. The molecule has 3 aromatic rings. The third-order valence-corrected chi connectivity index (χ3v) is 4.35. The Kier molecular flexibility index (Phi) is 5.89. The average molecular weight is 379 g/mol. The Morgan fingerprint density at radius 2 is 1.96 bits per heavy atom. The lowest BCUT2D eigenvalue weighted by atomic mass is 10.1. The monoisotopic (exact) mass is 379 g/mol. The molecule has 0 saturated carbocycles. The number of H-pyrrole nitrogens is 1. The molecule has 0 fully saturated rings. The first kappa shape index (κ1) is 19.4. The molecule has 144 valence electrons. The zero-order chi connectivity index (χ0) is 20.1. The van der Waals surface area contributed by atoms with E-state index in [9.17, 15) is 9.18 Å². The smallest absolute Gasteiger partial charge is 0.327 e. The lowest BCUT2D eigenvalue weighted by molar-refractivity contribution is 0.339. The molecule has 0 spiro atoms. The molecule has 0 aliphatic heterocycles. The Balaban J connectivity index is 1.82. The molecule has 0 radical (unpaired) electrons. The van der Waals surface area contributed by atoms with Crippen LogP contribution in [-0.4, -0.2) is 22.4 Å². The number of hydrogen-bond donors (Lipinski definition) is 1. The largest absolute Gasteiger partial charge is 0.493 e. The minimum Gasteiger partial charge on any atom is -0.493 e. The summed E-state index contributed by atoms with van der Waals surface area (Å²) in [7, 11) is 0.